The number of amides is 1. The Morgan fingerprint density at radius 2 is 2.04 bits per heavy atom. The van der Waals surface area contributed by atoms with Crippen LogP contribution in [0.4, 0.5) is 0 Å². The van der Waals surface area contributed by atoms with Crippen molar-refractivity contribution in [1.82, 2.24) is 14.8 Å². The van der Waals surface area contributed by atoms with E-state index >= 15 is 0 Å². The number of para-hydroxylation sites is 1. The second-order valence-corrected chi connectivity index (χ2v) is 5.95. The summed E-state index contributed by atoms with van der Waals surface area (Å²) in [5.74, 6) is 0.183. The first-order valence-corrected chi connectivity index (χ1v) is 8.10. The molecule has 23 heavy (non-hydrogen) atoms. The molecule has 0 radical (unpaired) electrons. The van der Waals surface area contributed by atoms with Crippen LogP contribution in [-0.2, 0) is 11.3 Å². The van der Waals surface area contributed by atoms with Gasteiger partial charge in [-0.05, 0) is 12.1 Å². The summed E-state index contributed by atoms with van der Waals surface area (Å²) < 4.78 is 2.06. The van der Waals surface area contributed by atoms with E-state index in [2.05, 4.69) is 45.4 Å². The Bertz CT molecular complexity index is 796. The van der Waals surface area contributed by atoms with E-state index in [9.17, 15) is 4.79 Å². The maximum atomic E-state index is 12.6. The predicted molar refractivity (Wildman–Crippen MR) is 91.9 cm³/mol. The minimum absolute atomic E-state index is 0.183. The van der Waals surface area contributed by atoms with Gasteiger partial charge >= 0.3 is 0 Å². The Balaban J connectivity index is 1.67. The van der Waals surface area contributed by atoms with Gasteiger partial charge in [0.25, 0.3) is 0 Å². The molecular weight excluding hydrogens is 288 g/mol. The molecular formula is C18H20N4O. The van der Waals surface area contributed by atoms with Crippen molar-refractivity contribution in [3.63, 3.8) is 0 Å². The fraction of sp³-hybridized carbons (Fsp3) is 0.333. The molecule has 0 bridgehead atoms. The van der Waals surface area contributed by atoms with Gasteiger partial charge < -0.3 is 14.8 Å². The molecule has 0 unspecified atom stereocenters. The minimum atomic E-state index is 0.183. The number of carbonyl (C=O) groups is 1. The van der Waals surface area contributed by atoms with Crippen LogP contribution in [0.1, 0.15) is 5.56 Å². The highest BCUT2D eigenvalue weighted by molar-refractivity contribution is 6.17. The lowest BCUT2D eigenvalue weighted by Gasteiger charge is -2.27. The highest BCUT2D eigenvalue weighted by Gasteiger charge is 2.19. The second kappa shape index (κ2) is 6.01. The molecule has 1 aromatic heterocycles. The molecule has 1 aromatic carbocycles. The van der Waals surface area contributed by atoms with Crippen LogP contribution in [0.5, 0.6) is 0 Å². The van der Waals surface area contributed by atoms with Crippen LogP contribution in [0.25, 0.3) is 10.9 Å². The molecule has 2 aliphatic rings. The average Bonchev–Trinajstić information content (AvgIpc) is 3.24. The maximum Gasteiger partial charge on any atom is 0.242 e. The lowest BCUT2D eigenvalue weighted by Crippen LogP contribution is -2.47. The summed E-state index contributed by atoms with van der Waals surface area (Å²) >= 11 is 0. The van der Waals surface area contributed by atoms with E-state index in [4.69, 9.17) is 0 Å². The van der Waals surface area contributed by atoms with Gasteiger partial charge in [-0.1, -0.05) is 24.3 Å². The summed E-state index contributed by atoms with van der Waals surface area (Å²) in [5.41, 5.74) is 3.21. The van der Waals surface area contributed by atoms with Crippen molar-refractivity contribution in [2.24, 2.45) is 4.99 Å². The fourth-order valence-corrected chi connectivity index (χ4v) is 3.28. The summed E-state index contributed by atoms with van der Waals surface area (Å²) in [7, 11) is 0. The summed E-state index contributed by atoms with van der Waals surface area (Å²) in [5, 5.41) is 4.44. The smallest absolute Gasteiger partial charge is 0.242 e. The topological polar surface area (TPSA) is 49.6 Å². The number of benzene rings is 1. The zero-order chi connectivity index (χ0) is 15.6. The first-order valence-electron chi connectivity index (χ1n) is 8.10. The largest absolute Gasteiger partial charge is 0.339 e. The first-order chi connectivity index (χ1) is 11.3. The van der Waals surface area contributed by atoms with Gasteiger partial charge in [-0.3, -0.25) is 9.79 Å². The Labute approximate surface area is 135 Å². The molecule has 1 N–H and O–H groups in total. The molecule has 118 valence electrons. The van der Waals surface area contributed by atoms with E-state index < -0.39 is 0 Å². The van der Waals surface area contributed by atoms with E-state index in [1.165, 1.54) is 0 Å². The van der Waals surface area contributed by atoms with Gasteiger partial charge in [-0.15, -0.1) is 0 Å². The van der Waals surface area contributed by atoms with Crippen molar-refractivity contribution >= 4 is 22.5 Å². The zero-order valence-corrected chi connectivity index (χ0v) is 13.0. The van der Waals surface area contributed by atoms with Crippen LogP contribution in [-0.4, -0.2) is 53.8 Å². The van der Waals surface area contributed by atoms with Gasteiger partial charge in [-0.25, -0.2) is 0 Å². The Kier molecular flexibility index (Phi) is 3.71. The van der Waals surface area contributed by atoms with E-state index in [-0.39, 0.29) is 5.91 Å². The van der Waals surface area contributed by atoms with E-state index in [1.807, 2.05) is 17.0 Å². The lowest BCUT2D eigenvalue weighted by atomic mass is 10.1. The number of hydrogen-bond donors (Lipinski definition) is 1. The number of nitrogens with zero attached hydrogens (tertiary/aromatic N) is 3. The number of aromatic nitrogens is 1. The van der Waals surface area contributed by atoms with Crippen LogP contribution in [0.2, 0.25) is 0 Å². The fourth-order valence-electron chi connectivity index (χ4n) is 3.28. The molecule has 3 heterocycles. The van der Waals surface area contributed by atoms with E-state index in [1.54, 1.807) is 0 Å². The summed E-state index contributed by atoms with van der Waals surface area (Å²) in [4.78, 5) is 19.0. The van der Waals surface area contributed by atoms with Crippen molar-refractivity contribution in [2.75, 3.05) is 32.7 Å². The average molecular weight is 308 g/mol. The quantitative estimate of drug-likeness (QED) is 0.932. The highest BCUT2D eigenvalue weighted by Crippen LogP contribution is 2.23. The third-order valence-electron chi connectivity index (χ3n) is 4.48. The van der Waals surface area contributed by atoms with E-state index in [0.717, 1.165) is 54.9 Å². The van der Waals surface area contributed by atoms with Crippen LogP contribution < -0.4 is 5.32 Å². The Morgan fingerprint density at radius 1 is 1.22 bits per heavy atom. The van der Waals surface area contributed by atoms with Crippen molar-refractivity contribution in [3.8, 4) is 0 Å². The molecule has 2 aliphatic heterocycles. The number of fused-ring (bicyclic) bond motifs is 1. The molecule has 5 heteroatoms. The first kappa shape index (κ1) is 14.2. The number of piperazine rings is 1. The number of rotatable bonds is 3. The third kappa shape index (κ3) is 2.68. The van der Waals surface area contributed by atoms with Gasteiger partial charge in [0.15, 0.2) is 0 Å². The van der Waals surface area contributed by atoms with Gasteiger partial charge in [0.1, 0.15) is 6.54 Å². The van der Waals surface area contributed by atoms with Crippen LogP contribution in [0.3, 0.4) is 0 Å². The number of aliphatic imine (C=N–C) groups is 1. The van der Waals surface area contributed by atoms with Gasteiger partial charge in [0, 0.05) is 48.8 Å². The molecule has 0 saturated carbocycles. The number of hydrogen-bond acceptors (Lipinski definition) is 3. The SMILES string of the molecule is O=C(Cn1cc(C2=NCC=C2)c2ccccc21)N1CCNCC1. The van der Waals surface area contributed by atoms with Crippen molar-refractivity contribution < 1.29 is 4.79 Å². The lowest BCUT2D eigenvalue weighted by molar-refractivity contribution is -0.132. The van der Waals surface area contributed by atoms with E-state index in [0.29, 0.717) is 6.54 Å². The van der Waals surface area contributed by atoms with Gasteiger partial charge in [0.05, 0.1) is 12.3 Å². The minimum Gasteiger partial charge on any atom is -0.339 e. The van der Waals surface area contributed by atoms with Gasteiger partial charge in [0.2, 0.25) is 5.91 Å². The van der Waals surface area contributed by atoms with Crippen LogP contribution in [0.15, 0.2) is 47.6 Å². The number of allylic oxidation sites excluding steroid dienone is 1. The Hall–Kier alpha value is -2.40. The summed E-state index contributed by atoms with van der Waals surface area (Å²) in [6.45, 7) is 4.47. The molecule has 1 fully saturated rings. The van der Waals surface area contributed by atoms with Crippen molar-refractivity contribution in [3.05, 3.63) is 48.2 Å². The predicted octanol–water partition coefficient (Wildman–Crippen LogP) is 1.43. The standard InChI is InChI=1S/C18H20N4O/c23-18(21-10-8-19-9-11-21)13-22-12-15(16-5-3-7-20-16)14-4-1-2-6-17(14)22/h1-6,12,19H,7-11,13H2. The molecule has 1 amide bonds. The van der Waals surface area contributed by atoms with Crippen LogP contribution in [0, 0.1) is 0 Å². The number of nitrogens with one attached hydrogen (secondary N) is 1. The third-order valence-corrected chi connectivity index (χ3v) is 4.48. The molecule has 0 atom stereocenters. The second-order valence-electron chi connectivity index (χ2n) is 5.95. The molecule has 5 nitrogen and oxygen atoms in total. The molecule has 1 saturated heterocycles. The maximum absolute atomic E-state index is 12.6. The molecule has 4 rings (SSSR count). The van der Waals surface area contributed by atoms with Gasteiger partial charge in [-0.2, -0.15) is 0 Å². The molecule has 0 aliphatic carbocycles. The monoisotopic (exact) mass is 308 g/mol. The van der Waals surface area contributed by atoms with Crippen molar-refractivity contribution in [1.29, 1.82) is 0 Å². The zero-order valence-electron chi connectivity index (χ0n) is 13.0. The highest BCUT2D eigenvalue weighted by atomic mass is 16.2. The van der Waals surface area contributed by atoms with Crippen LogP contribution >= 0.6 is 0 Å². The molecule has 2 aromatic rings. The number of carbonyl (C=O) groups excluding carboxylic acids is 1. The Morgan fingerprint density at radius 3 is 2.83 bits per heavy atom. The van der Waals surface area contributed by atoms with Crippen molar-refractivity contribution in [2.45, 2.75) is 6.54 Å². The summed E-state index contributed by atoms with van der Waals surface area (Å²) in [6.07, 6.45) is 6.19. The molecule has 0 spiro atoms. The normalized spacial score (nSPS) is 17.7. The summed E-state index contributed by atoms with van der Waals surface area (Å²) in [6, 6.07) is 8.23.